The van der Waals surface area contributed by atoms with Gasteiger partial charge in [-0.15, -0.1) is 6.58 Å². The molecule has 1 unspecified atom stereocenters. The molecule has 3 saturated carbocycles. The second-order valence-electron chi connectivity index (χ2n) is 8.89. The Morgan fingerprint density at radius 1 is 1.32 bits per heavy atom. The van der Waals surface area contributed by atoms with Crippen molar-refractivity contribution in [2.75, 3.05) is 0 Å². The van der Waals surface area contributed by atoms with Gasteiger partial charge in [-0.3, -0.25) is 4.79 Å². The minimum atomic E-state index is -0.579. The largest absolute Gasteiger partial charge is 0.481 e. The number of hydrogen-bond donors (Lipinski definition) is 1. The van der Waals surface area contributed by atoms with E-state index in [1.807, 2.05) is 6.92 Å². The first kappa shape index (κ1) is 14.5. The predicted octanol–water partition coefficient (Wildman–Crippen LogP) is 4.82. The van der Waals surface area contributed by atoms with Crippen molar-refractivity contribution in [3.63, 3.8) is 0 Å². The molecule has 2 nitrogen and oxygen atoms in total. The van der Waals surface area contributed by atoms with Crippen molar-refractivity contribution in [1.82, 2.24) is 0 Å². The Hall–Kier alpha value is -1.05. The third-order valence-electron chi connectivity index (χ3n) is 7.91. The summed E-state index contributed by atoms with van der Waals surface area (Å²) in [5.74, 6) is 1.09. The van der Waals surface area contributed by atoms with Crippen LogP contribution in [0.5, 0.6) is 0 Å². The number of carboxylic acid groups (broad SMARTS) is 1. The monoisotopic (exact) mass is 300 g/mol. The molecule has 0 aromatic heterocycles. The van der Waals surface area contributed by atoms with E-state index in [9.17, 15) is 9.90 Å². The van der Waals surface area contributed by atoms with Crippen LogP contribution in [0.3, 0.4) is 0 Å². The number of carbonyl (C=O) groups is 1. The Labute approximate surface area is 133 Å². The molecule has 22 heavy (non-hydrogen) atoms. The van der Waals surface area contributed by atoms with Crippen molar-refractivity contribution >= 4 is 5.97 Å². The molecule has 4 aliphatic rings. The van der Waals surface area contributed by atoms with Crippen LogP contribution >= 0.6 is 0 Å². The van der Waals surface area contributed by atoms with Crippen molar-refractivity contribution < 1.29 is 9.90 Å². The molecule has 0 radical (unpaired) electrons. The van der Waals surface area contributed by atoms with Crippen molar-refractivity contribution in [3.8, 4) is 0 Å². The molecule has 6 atom stereocenters. The molecule has 0 bridgehead atoms. The molecule has 1 N–H and O–H groups in total. The van der Waals surface area contributed by atoms with Gasteiger partial charge >= 0.3 is 5.97 Å². The van der Waals surface area contributed by atoms with Crippen LogP contribution in [0, 0.1) is 34.0 Å². The molecule has 0 aromatic carbocycles. The summed E-state index contributed by atoms with van der Waals surface area (Å²) in [4.78, 5) is 12.0. The van der Waals surface area contributed by atoms with Gasteiger partial charge < -0.3 is 5.11 Å². The highest BCUT2D eigenvalue weighted by molar-refractivity contribution is 5.75. The molecule has 0 heterocycles. The first-order valence-electron chi connectivity index (χ1n) is 8.95. The van der Waals surface area contributed by atoms with Crippen molar-refractivity contribution in [2.45, 2.75) is 58.8 Å². The summed E-state index contributed by atoms with van der Waals surface area (Å²) in [6.45, 7) is 8.45. The second kappa shape index (κ2) is 4.27. The standard InChI is InChI=1S/C20H28O2/c1-4-20-11-13-6-7-16-18(2,15(13)10-14(20)12-20)8-5-9-19(16,3)17(21)22/h4,10,13-14,16H,1,5-9,11-12H2,2-3H3,(H,21,22)/t13-,14?,16-,18-,19+,20+/m0/s1. The third-order valence-corrected chi connectivity index (χ3v) is 7.91. The lowest BCUT2D eigenvalue weighted by Crippen LogP contribution is -2.52. The lowest BCUT2D eigenvalue weighted by Gasteiger charge is -2.57. The van der Waals surface area contributed by atoms with E-state index in [2.05, 4.69) is 25.7 Å². The smallest absolute Gasteiger partial charge is 0.309 e. The summed E-state index contributed by atoms with van der Waals surface area (Å²) in [5.41, 5.74) is 1.60. The Morgan fingerprint density at radius 2 is 2.09 bits per heavy atom. The van der Waals surface area contributed by atoms with Gasteiger partial charge in [0.25, 0.3) is 0 Å². The number of fused-ring (bicyclic) bond motifs is 4. The number of aliphatic carboxylic acids is 1. The lowest BCUT2D eigenvalue weighted by molar-refractivity contribution is -0.160. The maximum atomic E-state index is 12.0. The van der Waals surface area contributed by atoms with Crippen LogP contribution in [-0.2, 0) is 4.79 Å². The fourth-order valence-corrected chi connectivity index (χ4v) is 6.44. The minimum Gasteiger partial charge on any atom is -0.481 e. The van der Waals surface area contributed by atoms with E-state index < -0.39 is 11.4 Å². The number of rotatable bonds is 2. The van der Waals surface area contributed by atoms with E-state index in [4.69, 9.17) is 0 Å². The van der Waals surface area contributed by atoms with Crippen molar-refractivity contribution in [3.05, 3.63) is 24.3 Å². The molecule has 120 valence electrons. The first-order chi connectivity index (χ1) is 10.4. The highest BCUT2D eigenvalue weighted by Gasteiger charge is 2.62. The van der Waals surface area contributed by atoms with E-state index in [0.29, 0.717) is 23.2 Å². The van der Waals surface area contributed by atoms with E-state index in [1.165, 1.54) is 25.7 Å². The topological polar surface area (TPSA) is 37.3 Å². The van der Waals surface area contributed by atoms with Crippen LogP contribution in [0.4, 0.5) is 0 Å². The summed E-state index contributed by atoms with van der Waals surface area (Å²) < 4.78 is 0. The van der Waals surface area contributed by atoms with Gasteiger partial charge in [-0.2, -0.15) is 0 Å². The summed E-state index contributed by atoms with van der Waals surface area (Å²) in [6.07, 6.45) is 12.6. The van der Waals surface area contributed by atoms with Crippen molar-refractivity contribution in [1.29, 1.82) is 0 Å². The zero-order chi connectivity index (χ0) is 15.8. The maximum Gasteiger partial charge on any atom is 0.309 e. The first-order valence-corrected chi connectivity index (χ1v) is 8.95. The highest BCUT2D eigenvalue weighted by Crippen LogP contribution is 2.69. The highest BCUT2D eigenvalue weighted by atomic mass is 16.4. The maximum absolute atomic E-state index is 12.0. The average molecular weight is 300 g/mol. The molecule has 0 aromatic rings. The van der Waals surface area contributed by atoms with Gasteiger partial charge in [-0.1, -0.05) is 31.1 Å². The fraction of sp³-hybridized carbons (Fsp3) is 0.750. The van der Waals surface area contributed by atoms with Crippen LogP contribution in [-0.4, -0.2) is 11.1 Å². The Morgan fingerprint density at radius 3 is 2.77 bits per heavy atom. The summed E-state index contributed by atoms with van der Waals surface area (Å²) >= 11 is 0. The van der Waals surface area contributed by atoms with Gasteiger partial charge in [0.15, 0.2) is 0 Å². The molecule has 0 aliphatic heterocycles. The van der Waals surface area contributed by atoms with Gasteiger partial charge in [0, 0.05) is 0 Å². The molecule has 0 spiro atoms. The Kier molecular flexibility index (Phi) is 2.82. The molecule has 0 saturated heterocycles. The van der Waals surface area contributed by atoms with Gasteiger partial charge in [-0.25, -0.2) is 0 Å². The second-order valence-corrected chi connectivity index (χ2v) is 8.89. The van der Waals surface area contributed by atoms with E-state index in [-0.39, 0.29) is 5.41 Å². The zero-order valence-corrected chi connectivity index (χ0v) is 13.9. The van der Waals surface area contributed by atoms with Gasteiger partial charge in [0.05, 0.1) is 5.41 Å². The van der Waals surface area contributed by atoms with Gasteiger partial charge in [0.2, 0.25) is 0 Å². The van der Waals surface area contributed by atoms with Gasteiger partial charge in [0.1, 0.15) is 0 Å². The Bertz CT molecular complexity index is 576. The number of allylic oxidation sites excluding steroid dienone is 3. The van der Waals surface area contributed by atoms with Crippen LogP contribution in [0.25, 0.3) is 0 Å². The lowest BCUT2D eigenvalue weighted by atomic mass is 9.46. The molecule has 0 amide bonds. The van der Waals surface area contributed by atoms with E-state index in [0.717, 1.165) is 19.3 Å². The zero-order valence-electron chi connectivity index (χ0n) is 13.9. The normalized spacial score (nSPS) is 52.6. The van der Waals surface area contributed by atoms with Crippen LogP contribution in [0.1, 0.15) is 58.8 Å². The molecule has 4 rings (SSSR count). The van der Waals surface area contributed by atoms with Gasteiger partial charge in [-0.05, 0) is 74.0 Å². The average Bonchev–Trinajstić information content (AvgIpc) is 3.19. The number of hydrogen-bond acceptors (Lipinski definition) is 1. The molecular weight excluding hydrogens is 272 g/mol. The minimum absolute atomic E-state index is 0.115. The SMILES string of the molecule is C=C[C@@]12CC1C=C1[C@@H](CC[C@@H]3[C@](C)(C(=O)O)CCC[C@@]13C)C2. The molecule has 2 heteroatoms. The summed E-state index contributed by atoms with van der Waals surface area (Å²) in [7, 11) is 0. The predicted molar refractivity (Wildman–Crippen MR) is 87.4 cm³/mol. The van der Waals surface area contributed by atoms with Crippen molar-refractivity contribution in [2.24, 2.45) is 34.0 Å². The quantitative estimate of drug-likeness (QED) is 0.743. The summed E-state index contributed by atoms with van der Waals surface area (Å²) in [6, 6.07) is 0. The number of carboxylic acids is 1. The molecular formula is C20H28O2. The van der Waals surface area contributed by atoms with Crippen LogP contribution in [0.2, 0.25) is 0 Å². The van der Waals surface area contributed by atoms with Crippen LogP contribution in [0.15, 0.2) is 24.3 Å². The fourth-order valence-electron chi connectivity index (χ4n) is 6.44. The van der Waals surface area contributed by atoms with E-state index in [1.54, 1.807) is 5.57 Å². The molecule has 4 aliphatic carbocycles. The van der Waals surface area contributed by atoms with E-state index >= 15 is 0 Å². The Balaban J connectivity index is 1.74. The molecule has 3 fully saturated rings. The third kappa shape index (κ3) is 1.64. The summed E-state index contributed by atoms with van der Waals surface area (Å²) in [5, 5.41) is 9.85. The van der Waals surface area contributed by atoms with Crippen LogP contribution < -0.4 is 0 Å².